The van der Waals surface area contributed by atoms with Crippen molar-refractivity contribution in [2.45, 2.75) is 107 Å². The molecule has 13 nitrogen and oxygen atoms in total. The first-order valence-electron chi connectivity index (χ1n) is 15.9. The van der Waals surface area contributed by atoms with Crippen molar-refractivity contribution in [2.24, 2.45) is 34.0 Å². The summed E-state index contributed by atoms with van der Waals surface area (Å²) in [4.78, 5) is 25.8. The van der Waals surface area contributed by atoms with Gasteiger partial charge < -0.3 is 53.6 Å². The molecule has 45 heavy (non-hydrogen) atoms. The van der Waals surface area contributed by atoms with Crippen LogP contribution in [0.15, 0.2) is 24.0 Å². The zero-order valence-corrected chi connectivity index (χ0v) is 26.0. The fraction of sp³-hybridized carbons (Fsp3) is 0.812. The van der Waals surface area contributed by atoms with Crippen LogP contribution >= 0.6 is 0 Å². The van der Waals surface area contributed by atoms with Gasteiger partial charge in [0, 0.05) is 47.5 Å². The summed E-state index contributed by atoms with van der Waals surface area (Å²) < 4.78 is 43.4. The van der Waals surface area contributed by atoms with Crippen molar-refractivity contribution in [1.29, 1.82) is 0 Å². The summed E-state index contributed by atoms with van der Waals surface area (Å²) in [6.45, 7) is 7.79. The summed E-state index contributed by atoms with van der Waals surface area (Å²) in [6, 6.07) is 0. The Morgan fingerprint density at radius 1 is 1.04 bits per heavy atom. The Labute approximate surface area is 260 Å². The van der Waals surface area contributed by atoms with Crippen LogP contribution in [0.4, 0.5) is 0 Å². The Bertz CT molecular complexity index is 1400. The van der Waals surface area contributed by atoms with E-state index in [1.54, 1.807) is 26.0 Å². The predicted octanol–water partition coefficient (Wildman–Crippen LogP) is 0.0730. The first-order valence-corrected chi connectivity index (χ1v) is 15.9. The zero-order chi connectivity index (χ0) is 32.1. The summed E-state index contributed by atoms with van der Waals surface area (Å²) in [5.74, 6) is -3.27. The van der Waals surface area contributed by atoms with E-state index in [9.17, 15) is 30.0 Å². The number of carbonyl (C=O) groups excluding carboxylic acids is 2. The van der Waals surface area contributed by atoms with Gasteiger partial charge in [0.15, 0.2) is 11.9 Å². The van der Waals surface area contributed by atoms with Crippen LogP contribution in [0, 0.1) is 34.0 Å². The van der Waals surface area contributed by atoms with E-state index in [-0.39, 0.29) is 19.6 Å². The van der Waals surface area contributed by atoms with Crippen LogP contribution in [-0.2, 0) is 42.7 Å². The Morgan fingerprint density at radius 2 is 1.80 bits per heavy atom. The number of epoxide rings is 1. The number of carbonyl (C=O) groups is 2. The highest BCUT2D eigenvalue weighted by atomic mass is 16.7. The van der Waals surface area contributed by atoms with Crippen LogP contribution in [0.25, 0.3) is 0 Å². The van der Waals surface area contributed by atoms with Gasteiger partial charge in [0.25, 0.3) is 0 Å². The van der Waals surface area contributed by atoms with Crippen molar-refractivity contribution in [3.63, 3.8) is 0 Å². The van der Waals surface area contributed by atoms with Crippen molar-refractivity contribution in [3.8, 4) is 0 Å². The molecule has 0 aromatic carbocycles. The fourth-order valence-corrected chi connectivity index (χ4v) is 11.6. The number of esters is 2. The third-order valence-electron chi connectivity index (χ3n) is 13.5. The lowest BCUT2D eigenvalue weighted by Gasteiger charge is -2.65. The molecule has 4 N–H and O–H groups in total. The number of rotatable bonds is 5. The van der Waals surface area contributed by atoms with Crippen LogP contribution in [0.2, 0.25) is 0 Å². The van der Waals surface area contributed by atoms with Gasteiger partial charge in [-0.3, -0.25) is 4.79 Å². The van der Waals surface area contributed by atoms with Gasteiger partial charge in [-0.1, -0.05) is 13.0 Å². The van der Waals surface area contributed by atoms with Gasteiger partial charge in [-0.15, -0.1) is 0 Å². The SMILES string of the molecule is C/C=C(\C)C(=O)O[C@H]1C[C@@H](OC(C)=O)[C@@]2(CO)COC3C2[C@]12CO[C@H](O)[C@H]2[C@](C)([C@]12O[C@@]1(C)[C@H]1C[C@@H]2O[C@@H]2OC=C[C@@]21O)[C@@H]3O. The maximum atomic E-state index is 13.4. The fourth-order valence-electron chi connectivity index (χ4n) is 11.6. The molecule has 0 amide bonds. The van der Waals surface area contributed by atoms with E-state index >= 15 is 0 Å². The summed E-state index contributed by atoms with van der Waals surface area (Å²) in [6.07, 6.45) is -2.07. The van der Waals surface area contributed by atoms with Crippen LogP contribution in [-0.4, -0.2) is 112 Å². The molecule has 4 saturated heterocycles. The van der Waals surface area contributed by atoms with Gasteiger partial charge in [0.1, 0.15) is 23.4 Å². The zero-order valence-electron chi connectivity index (χ0n) is 26.0. The minimum atomic E-state index is -1.45. The van der Waals surface area contributed by atoms with Gasteiger partial charge in [-0.25, -0.2) is 4.79 Å². The normalized spacial score (nSPS) is 58.2. The van der Waals surface area contributed by atoms with Gasteiger partial charge >= 0.3 is 11.9 Å². The lowest BCUT2D eigenvalue weighted by Crippen LogP contribution is -2.77. The molecule has 16 atom stereocenters. The maximum absolute atomic E-state index is 13.4. The van der Waals surface area contributed by atoms with Crippen LogP contribution < -0.4 is 0 Å². The molecule has 8 rings (SSSR count). The number of allylic oxidation sites excluding steroid dienone is 1. The van der Waals surface area contributed by atoms with Crippen molar-refractivity contribution in [3.05, 3.63) is 24.0 Å². The Hall–Kier alpha value is -2.10. The van der Waals surface area contributed by atoms with E-state index in [0.29, 0.717) is 12.0 Å². The molecule has 3 saturated carbocycles. The number of aliphatic hydroxyl groups is 4. The van der Waals surface area contributed by atoms with E-state index in [1.807, 2.05) is 13.8 Å². The highest BCUT2D eigenvalue weighted by Crippen LogP contribution is 2.82. The molecule has 248 valence electrons. The van der Waals surface area contributed by atoms with Crippen LogP contribution in [0.1, 0.15) is 47.5 Å². The summed E-state index contributed by atoms with van der Waals surface area (Å²) >= 11 is 0. The second-order valence-corrected chi connectivity index (χ2v) is 14.9. The number of ether oxygens (including phenoxy) is 7. The number of hydrogen-bond acceptors (Lipinski definition) is 13. The molecule has 2 unspecified atom stereocenters. The lowest BCUT2D eigenvalue weighted by atomic mass is 9.38. The molecular weight excluding hydrogens is 592 g/mol. The minimum Gasteiger partial charge on any atom is -0.469 e. The summed E-state index contributed by atoms with van der Waals surface area (Å²) in [5.41, 5.74) is -7.05. The minimum absolute atomic E-state index is 0.0162. The number of fused-ring (bicyclic) bond motifs is 7. The molecule has 5 aliphatic heterocycles. The third-order valence-corrected chi connectivity index (χ3v) is 13.5. The first kappa shape index (κ1) is 30.2. The molecule has 0 aromatic rings. The Balaban J connectivity index is 1.32. The largest absolute Gasteiger partial charge is 0.469 e. The second-order valence-electron chi connectivity index (χ2n) is 14.9. The van der Waals surface area contributed by atoms with Crippen LogP contribution in [0.5, 0.6) is 0 Å². The lowest BCUT2D eigenvalue weighted by molar-refractivity contribution is -0.304. The van der Waals surface area contributed by atoms with E-state index in [2.05, 4.69) is 0 Å². The average molecular weight is 635 g/mol. The van der Waals surface area contributed by atoms with Gasteiger partial charge in [-0.2, -0.15) is 0 Å². The van der Waals surface area contributed by atoms with Crippen molar-refractivity contribution < 1.29 is 63.2 Å². The molecule has 1 spiro atoms. The van der Waals surface area contributed by atoms with E-state index in [1.165, 1.54) is 13.2 Å². The predicted molar refractivity (Wildman–Crippen MR) is 148 cm³/mol. The molecule has 3 aliphatic carbocycles. The molecule has 7 fully saturated rings. The number of hydrogen-bond donors (Lipinski definition) is 4. The molecule has 5 heterocycles. The summed E-state index contributed by atoms with van der Waals surface area (Å²) in [7, 11) is 0. The van der Waals surface area contributed by atoms with Gasteiger partial charge in [0.05, 0.1) is 49.8 Å². The van der Waals surface area contributed by atoms with Crippen LogP contribution in [0.3, 0.4) is 0 Å². The highest BCUT2D eigenvalue weighted by molar-refractivity contribution is 5.87. The second kappa shape index (κ2) is 9.07. The maximum Gasteiger partial charge on any atom is 0.333 e. The van der Waals surface area contributed by atoms with Gasteiger partial charge in [0.2, 0.25) is 6.29 Å². The van der Waals surface area contributed by atoms with Crippen molar-refractivity contribution >= 4 is 11.9 Å². The smallest absolute Gasteiger partial charge is 0.333 e. The van der Waals surface area contributed by atoms with Crippen molar-refractivity contribution in [2.75, 3.05) is 19.8 Å². The monoisotopic (exact) mass is 634 g/mol. The quantitative estimate of drug-likeness (QED) is 0.181. The number of aliphatic hydroxyl groups excluding tert-OH is 3. The van der Waals surface area contributed by atoms with E-state index < -0.39 is 112 Å². The third kappa shape index (κ3) is 3.13. The average Bonchev–Trinajstić information content (AvgIpc) is 3.39. The molecule has 2 bridgehead atoms. The molecule has 0 radical (unpaired) electrons. The standard InChI is InChI=1S/C32H42O13/c1-6-14(2)24(36)43-18-10-17(42-15(3)34)29(11-33)12-40-20-21(29)30(18)13-41-25(37)22(30)27(4,23(20)35)32-19-9-16(28(32,5)45-32)31(38)7-8-39-26(31)44-19/h6-8,16-23,25-26,33,35,37-38H,9-13H2,1-5H3/b14-6+/t16-,17-,18+,19+,20?,21?,22+,23-,25+,26+,27+,28+,29-,30+,31+,32+/m1/s1. The first-order chi connectivity index (χ1) is 21.2. The van der Waals surface area contributed by atoms with Crippen molar-refractivity contribution in [1.82, 2.24) is 0 Å². The highest BCUT2D eigenvalue weighted by Gasteiger charge is 2.95. The molecule has 13 heteroatoms. The topological polar surface area (TPSA) is 183 Å². The van der Waals surface area contributed by atoms with Gasteiger partial charge in [-0.05, 0) is 33.3 Å². The van der Waals surface area contributed by atoms with E-state index in [4.69, 9.17) is 33.2 Å². The Morgan fingerprint density at radius 3 is 2.49 bits per heavy atom. The molecule has 8 aliphatic rings. The summed E-state index contributed by atoms with van der Waals surface area (Å²) in [5, 5.41) is 47.3. The Kier molecular flexibility index (Phi) is 6.10. The molecule has 0 aromatic heterocycles. The molecular formula is C32H42O13. The van der Waals surface area contributed by atoms with E-state index in [0.717, 1.165) is 0 Å².